The highest BCUT2D eigenvalue weighted by atomic mass is 32.2. The molecule has 3 rings (SSSR count). The van der Waals surface area contributed by atoms with E-state index in [4.69, 9.17) is 0 Å². The molecule has 0 saturated carbocycles. The molecule has 0 bridgehead atoms. The molecule has 2 fully saturated rings. The maximum atomic E-state index is 12.2. The summed E-state index contributed by atoms with van der Waals surface area (Å²) < 4.78 is 22.8. The predicted octanol–water partition coefficient (Wildman–Crippen LogP) is 1.93. The zero-order valence-corrected chi connectivity index (χ0v) is 14.7. The summed E-state index contributed by atoms with van der Waals surface area (Å²) in [6.45, 7) is 3.81. The average Bonchev–Trinajstić information content (AvgIpc) is 2.57. The molecule has 0 unspecified atom stereocenters. The van der Waals surface area contributed by atoms with Crippen LogP contribution >= 0.6 is 0 Å². The van der Waals surface area contributed by atoms with Crippen LogP contribution in [0.2, 0.25) is 0 Å². The maximum absolute atomic E-state index is 12.2. The van der Waals surface area contributed by atoms with E-state index in [2.05, 4.69) is 10.2 Å². The Kier molecular flexibility index (Phi) is 5.40. The number of carbonyl (C=O) groups excluding carboxylic acids is 1. The highest BCUT2D eigenvalue weighted by Gasteiger charge is 2.24. The van der Waals surface area contributed by atoms with E-state index in [1.54, 1.807) is 4.90 Å². The molecule has 2 aliphatic rings. The van der Waals surface area contributed by atoms with Crippen molar-refractivity contribution in [3.05, 3.63) is 29.8 Å². The molecule has 0 aliphatic carbocycles. The van der Waals surface area contributed by atoms with Gasteiger partial charge >= 0.3 is 6.03 Å². The first-order valence-electron chi connectivity index (χ1n) is 8.59. The van der Waals surface area contributed by atoms with E-state index in [0.29, 0.717) is 0 Å². The number of hydrogen-bond acceptors (Lipinski definition) is 4. The summed E-state index contributed by atoms with van der Waals surface area (Å²) in [5, 5.41) is 2.85. The van der Waals surface area contributed by atoms with Crippen LogP contribution in [0.1, 0.15) is 24.8 Å². The fourth-order valence-corrected chi connectivity index (χ4v) is 4.39. The Morgan fingerprint density at radius 1 is 0.958 bits per heavy atom. The molecule has 2 saturated heterocycles. The number of hydrogen-bond donors (Lipinski definition) is 1. The maximum Gasteiger partial charge on any atom is 0.321 e. The Balaban J connectivity index is 1.51. The molecular formula is C17H25N3O3S. The fraction of sp³-hybridized carbons (Fsp3) is 0.588. The van der Waals surface area contributed by atoms with Crippen molar-refractivity contribution in [2.24, 2.45) is 0 Å². The van der Waals surface area contributed by atoms with Crippen LogP contribution in [0.25, 0.3) is 0 Å². The number of nitrogens with one attached hydrogen (secondary N) is 1. The SMILES string of the molecule is O=C(Nc1ccc(CN2CCCCC2)cc1)N1CCS(=O)(=O)CC1. The zero-order valence-electron chi connectivity index (χ0n) is 13.9. The quantitative estimate of drug-likeness (QED) is 0.903. The first-order chi connectivity index (χ1) is 11.5. The molecule has 1 aromatic rings. The van der Waals surface area contributed by atoms with Gasteiger partial charge in [0, 0.05) is 25.3 Å². The topological polar surface area (TPSA) is 69.7 Å². The van der Waals surface area contributed by atoms with Crippen LogP contribution in [0.5, 0.6) is 0 Å². The molecule has 1 N–H and O–H groups in total. The van der Waals surface area contributed by atoms with Crippen molar-refractivity contribution < 1.29 is 13.2 Å². The largest absolute Gasteiger partial charge is 0.322 e. The Labute approximate surface area is 143 Å². The molecule has 0 radical (unpaired) electrons. The predicted molar refractivity (Wildman–Crippen MR) is 94.8 cm³/mol. The summed E-state index contributed by atoms with van der Waals surface area (Å²) in [7, 11) is -2.97. The van der Waals surface area contributed by atoms with Gasteiger partial charge in [-0.25, -0.2) is 13.2 Å². The van der Waals surface area contributed by atoms with Crippen LogP contribution in [0.15, 0.2) is 24.3 Å². The minimum Gasteiger partial charge on any atom is -0.322 e. The van der Waals surface area contributed by atoms with Gasteiger partial charge < -0.3 is 10.2 Å². The third kappa shape index (κ3) is 4.70. The molecule has 132 valence electrons. The van der Waals surface area contributed by atoms with Gasteiger partial charge in [-0.15, -0.1) is 0 Å². The third-order valence-electron chi connectivity index (χ3n) is 4.69. The highest BCUT2D eigenvalue weighted by Crippen LogP contribution is 2.16. The summed E-state index contributed by atoms with van der Waals surface area (Å²) in [6.07, 6.45) is 3.89. The summed E-state index contributed by atoms with van der Waals surface area (Å²) >= 11 is 0. The number of piperidine rings is 1. The van der Waals surface area contributed by atoms with Crippen LogP contribution < -0.4 is 5.32 Å². The molecule has 0 atom stereocenters. The lowest BCUT2D eigenvalue weighted by Crippen LogP contribution is -2.45. The standard InChI is InChI=1S/C17H25N3O3S/c21-17(20-10-12-24(22,23)13-11-20)18-16-6-4-15(5-7-16)14-19-8-2-1-3-9-19/h4-7H,1-3,8-14H2,(H,18,21). The zero-order chi connectivity index (χ0) is 17.0. The molecule has 0 spiro atoms. The highest BCUT2D eigenvalue weighted by molar-refractivity contribution is 7.91. The van der Waals surface area contributed by atoms with Crippen molar-refractivity contribution >= 4 is 21.6 Å². The number of rotatable bonds is 3. The molecule has 2 heterocycles. The van der Waals surface area contributed by atoms with Gasteiger partial charge in [0.05, 0.1) is 11.5 Å². The van der Waals surface area contributed by atoms with Crippen molar-refractivity contribution in [2.45, 2.75) is 25.8 Å². The summed E-state index contributed by atoms with van der Waals surface area (Å²) in [5.74, 6) is 0.102. The lowest BCUT2D eigenvalue weighted by atomic mass is 10.1. The second-order valence-electron chi connectivity index (χ2n) is 6.60. The summed E-state index contributed by atoms with van der Waals surface area (Å²) in [6, 6.07) is 7.69. The molecule has 0 aromatic heterocycles. The molecule has 2 amide bonds. The lowest BCUT2D eigenvalue weighted by molar-refractivity contribution is 0.216. The fourth-order valence-electron chi connectivity index (χ4n) is 3.19. The number of amides is 2. The van der Waals surface area contributed by atoms with Crippen LogP contribution in [0, 0.1) is 0 Å². The van der Waals surface area contributed by atoms with E-state index in [0.717, 1.165) is 25.3 Å². The first-order valence-corrected chi connectivity index (χ1v) is 10.4. The van der Waals surface area contributed by atoms with E-state index >= 15 is 0 Å². The van der Waals surface area contributed by atoms with E-state index in [9.17, 15) is 13.2 Å². The van der Waals surface area contributed by atoms with Crippen molar-refractivity contribution in [3.8, 4) is 0 Å². The monoisotopic (exact) mass is 351 g/mol. The van der Waals surface area contributed by atoms with Crippen LogP contribution in [0.3, 0.4) is 0 Å². The second kappa shape index (κ2) is 7.53. The van der Waals surface area contributed by atoms with E-state index in [-0.39, 0.29) is 30.6 Å². The average molecular weight is 351 g/mol. The van der Waals surface area contributed by atoms with Gasteiger partial charge in [0.1, 0.15) is 0 Å². The second-order valence-corrected chi connectivity index (χ2v) is 8.91. The number of likely N-dealkylation sites (tertiary alicyclic amines) is 1. The number of urea groups is 1. The Morgan fingerprint density at radius 2 is 1.58 bits per heavy atom. The van der Waals surface area contributed by atoms with Gasteiger partial charge in [-0.1, -0.05) is 18.6 Å². The normalized spacial score (nSPS) is 21.4. The van der Waals surface area contributed by atoms with E-state index in [1.807, 2.05) is 24.3 Å². The van der Waals surface area contributed by atoms with Crippen LogP contribution in [0.4, 0.5) is 10.5 Å². The van der Waals surface area contributed by atoms with Gasteiger partial charge in [0.25, 0.3) is 0 Å². The summed E-state index contributed by atoms with van der Waals surface area (Å²) in [4.78, 5) is 16.2. The minimum absolute atomic E-state index is 0.0508. The first kappa shape index (κ1) is 17.2. The summed E-state index contributed by atoms with van der Waals surface area (Å²) in [5.41, 5.74) is 2.00. The van der Waals surface area contributed by atoms with Crippen molar-refractivity contribution in [2.75, 3.05) is 43.0 Å². The molecule has 24 heavy (non-hydrogen) atoms. The van der Waals surface area contributed by atoms with E-state index < -0.39 is 9.84 Å². The van der Waals surface area contributed by atoms with Gasteiger partial charge in [-0.2, -0.15) is 0 Å². The van der Waals surface area contributed by atoms with E-state index in [1.165, 1.54) is 24.8 Å². The number of benzene rings is 1. The molecule has 1 aromatic carbocycles. The van der Waals surface area contributed by atoms with Crippen molar-refractivity contribution in [1.82, 2.24) is 9.80 Å². The van der Waals surface area contributed by atoms with Gasteiger partial charge in [0.2, 0.25) is 0 Å². The molecule has 2 aliphatic heterocycles. The Bertz CT molecular complexity index is 653. The number of sulfone groups is 1. The minimum atomic E-state index is -2.97. The lowest BCUT2D eigenvalue weighted by Gasteiger charge is -2.27. The Morgan fingerprint density at radius 3 is 2.21 bits per heavy atom. The number of carbonyl (C=O) groups is 1. The van der Waals surface area contributed by atoms with Crippen LogP contribution in [-0.4, -0.2) is 61.9 Å². The Hall–Kier alpha value is -1.60. The van der Waals surface area contributed by atoms with Crippen molar-refractivity contribution in [1.29, 1.82) is 0 Å². The molecule has 6 nitrogen and oxygen atoms in total. The van der Waals surface area contributed by atoms with Gasteiger partial charge in [-0.05, 0) is 43.6 Å². The van der Waals surface area contributed by atoms with Crippen molar-refractivity contribution in [3.63, 3.8) is 0 Å². The van der Waals surface area contributed by atoms with Gasteiger partial charge in [-0.3, -0.25) is 4.90 Å². The molecular weight excluding hydrogens is 326 g/mol. The third-order valence-corrected chi connectivity index (χ3v) is 6.30. The number of nitrogens with zero attached hydrogens (tertiary/aromatic N) is 2. The van der Waals surface area contributed by atoms with Crippen LogP contribution in [-0.2, 0) is 16.4 Å². The molecule has 7 heteroatoms. The smallest absolute Gasteiger partial charge is 0.321 e. The van der Waals surface area contributed by atoms with Gasteiger partial charge in [0.15, 0.2) is 9.84 Å². The number of anilines is 1.